The van der Waals surface area contributed by atoms with Gasteiger partial charge in [0, 0.05) is 19.3 Å². The van der Waals surface area contributed by atoms with Crippen molar-refractivity contribution in [3.05, 3.63) is 12.2 Å². The lowest BCUT2D eigenvalue weighted by Gasteiger charge is -2.06. The van der Waals surface area contributed by atoms with Gasteiger partial charge >= 0.3 is 11.9 Å². The van der Waals surface area contributed by atoms with Crippen LogP contribution in [0.15, 0.2) is 12.2 Å². The van der Waals surface area contributed by atoms with Crippen molar-refractivity contribution in [2.75, 3.05) is 13.2 Å². The van der Waals surface area contributed by atoms with Crippen molar-refractivity contribution in [1.29, 1.82) is 0 Å². The number of hydrogen-bond donors (Lipinski definition) is 0. The van der Waals surface area contributed by atoms with E-state index in [1.54, 1.807) is 0 Å². The topological polar surface area (TPSA) is 52.6 Å². The summed E-state index contributed by atoms with van der Waals surface area (Å²) >= 11 is 0. The van der Waals surface area contributed by atoms with Gasteiger partial charge in [0.2, 0.25) is 0 Å². The van der Waals surface area contributed by atoms with Gasteiger partial charge in [-0.1, -0.05) is 63.9 Å². The molecule has 0 amide bonds. The van der Waals surface area contributed by atoms with E-state index in [1.165, 1.54) is 44.9 Å². The van der Waals surface area contributed by atoms with Gasteiger partial charge in [0.15, 0.2) is 0 Å². The summed E-state index contributed by atoms with van der Waals surface area (Å²) in [5.74, 6) is -0.470. The Morgan fingerprint density at radius 1 is 0.680 bits per heavy atom. The summed E-state index contributed by atoms with van der Waals surface area (Å²) in [4.78, 5) is 23.0. The van der Waals surface area contributed by atoms with Crippen molar-refractivity contribution in [2.24, 2.45) is 0 Å². The lowest BCUT2D eigenvalue weighted by Crippen LogP contribution is -2.09. The minimum absolute atomic E-state index is 0.214. The van der Waals surface area contributed by atoms with Gasteiger partial charge in [-0.3, -0.25) is 9.59 Å². The van der Waals surface area contributed by atoms with E-state index in [-0.39, 0.29) is 24.8 Å². The van der Waals surface area contributed by atoms with Crippen LogP contribution in [-0.4, -0.2) is 25.2 Å². The summed E-state index contributed by atoms with van der Waals surface area (Å²) in [5.41, 5.74) is 0.993. The van der Waals surface area contributed by atoms with Crippen molar-refractivity contribution in [2.45, 2.75) is 97.3 Å². The van der Waals surface area contributed by atoms with Crippen molar-refractivity contribution in [3.8, 4) is 0 Å². The monoisotopic (exact) mass is 354 g/mol. The zero-order valence-electron chi connectivity index (χ0n) is 16.4. The first kappa shape index (κ1) is 23.7. The second-order valence-electron chi connectivity index (χ2n) is 6.83. The summed E-state index contributed by atoms with van der Waals surface area (Å²) in [5, 5.41) is 0. The summed E-state index contributed by atoms with van der Waals surface area (Å²) in [6, 6.07) is 0. The van der Waals surface area contributed by atoms with Crippen molar-refractivity contribution in [1.82, 2.24) is 0 Å². The number of unbranched alkanes of at least 4 members (excludes halogenated alkanes) is 8. The Bertz CT molecular complexity index is 363. The highest BCUT2D eigenvalue weighted by molar-refractivity contribution is 5.72. The Labute approximate surface area is 154 Å². The first-order valence-corrected chi connectivity index (χ1v) is 10.0. The van der Waals surface area contributed by atoms with Crippen LogP contribution in [0.5, 0.6) is 0 Å². The number of carbonyl (C=O) groups excluding carboxylic acids is 2. The second-order valence-corrected chi connectivity index (χ2v) is 6.83. The minimum atomic E-state index is -0.256. The SMILES string of the molecule is C=C(C)CCOC(=O)CCCC(=O)OCCCCCCCCCCC. The largest absolute Gasteiger partial charge is 0.466 e. The molecule has 0 atom stereocenters. The lowest BCUT2D eigenvalue weighted by molar-refractivity contribution is -0.145. The maximum absolute atomic E-state index is 11.6. The number of carbonyl (C=O) groups is 2. The van der Waals surface area contributed by atoms with Crippen molar-refractivity contribution < 1.29 is 19.1 Å². The van der Waals surface area contributed by atoms with E-state index < -0.39 is 0 Å². The molecule has 0 fully saturated rings. The third-order valence-corrected chi connectivity index (χ3v) is 4.06. The van der Waals surface area contributed by atoms with Gasteiger partial charge in [-0.05, 0) is 19.8 Å². The maximum atomic E-state index is 11.6. The molecule has 0 aliphatic carbocycles. The summed E-state index contributed by atoms with van der Waals surface area (Å²) in [6.07, 6.45) is 13.0. The molecule has 0 aromatic carbocycles. The van der Waals surface area contributed by atoms with Crippen LogP contribution in [0.4, 0.5) is 0 Å². The molecule has 0 aromatic rings. The predicted octanol–water partition coefficient (Wildman–Crippen LogP) is 5.74. The summed E-state index contributed by atoms with van der Waals surface area (Å²) in [7, 11) is 0. The van der Waals surface area contributed by atoms with Crippen LogP contribution in [0.1, 0.15) is 97.3 Å². The van der Waals surface area contributed by atoms with Crippen molar-refractivity contribution >= 4 is 11.9 Å². The lowest BCUT2D eigenvalue weighted by atomic mass is 10.1. The molecular formula is C21H38O4. The maximum Gasteiger partial charge on any atom is 0.305 e. The molecule has 0 aromatic heterocycles. The van der Waals surface area contributed by atoms with Crippen LogP contribution in [-0.2, 0) is 19.1 Å². The average Bonchev–Trinajstić information content (AvgIpc) is 2.56. The van der Waals surface area contributed by atoms with Gasteiger partial charge < -0.3 is 9.47 Å². The minimum Gasteiger partial charge on any atom is -0.466 e. The van der Waals surface area contributed by atoms with Crippen LogP contribution in [0.3, 0.4) is 0 Å². The van der Waals surface area contributed by atoms with E-state index in [4.69, 9.17) is 9.47 Å². The Kier molecular flexibility index (Phi) is 16.6. The predicted molar refractivity (Wildman–Crippen MR) is 102 cm³/mol. The van der Waals surface area contributed by atoms with Crippen LogP contribution in [0, 0.1) is 0 Å². The molecule has 0 aliphatic rings. The van der Waals surface area contributed by atoms with Crippen LogP contribution < -0.4 is 0 Å². The normalized spacial score (nSPS) is 10.5. The molecule has 4 heteroatoms. The van der Waals surface area contributed by atoms with E-state index in [0.29, 0.717) is 26.1 Å². The quantitative estimate of drug-likeness (QED) is 0.190. The highest BCUT2D eigenvalue weighted by Crippen LogP contribution is 2.10. The molecule has 0 aliphatic heterocycles. The molecule has 0 heterocycles. The van der Waals surface area contributed by atoms with E-state index >= 15 is 0 Å². The van der Waals surface area contributed by atoms with Gasteiger partial charge in [-0.15, -0.1) is 6.58 Å². The fraction of sp³-hybridized carbons (Fsp3) is 0.810. The molecule has 146 valence electrons. The van der Waals surface area contributed by atoms with Gasteiger partial charge in [-0.25, -0.2) is 0 Å². The van der Waals surface area contributed by atoms with E-state index in [2.05, 4.69) is 13.5 Å². The zero-order valence-corrected chi connectivity index (χ0v) is 16.4. The van der Waals surface area contributed by atoms with Crippen molar-refractivity contribution in [3.63, 3.8) is 0 Å². The molecule has 0 rings (SSSR count). The van der Waals surface area contributed by atoms with E-state index in [9.17, 15) is 9.59 Å². The smallest absolute Gasteiger partial charge is 0.305 e. The van der Waals surface area contributed by atoms with Gasteiger partial charge in [0.1, 0.15) is 0 Å². The van der Waals surface area contributed by atoms with Crippen LogP contribution in [0.2, 0.25) is 0 Å². The number of ether oxygens (including phenoxy) is 2. The second kappa shape index (κ2) is 17.5. The molecule has 25 heavy (non-hydrogen) atoms. The Morgan fingerprint density at radius 2 is 1.16 bits per heavy atom. The van der Waals surface area contributed by atoms with E-state index in [0.717, 1.165) is 18.4 Å². The first-order valence-electron chi connectivity index (χ1n) is 10.0. The first-order chi connectivity index (χ1) is 12.1. The van der Waals surface area contributed by atoms with Gasteiger partial charge in [0.25, 0.3) is 0 Å². The summed E-state index contributed by atoms with van der Waals surface area (Å²) < 4.78 is 10.2. The molecule has 0 saturated carbocycles. The van der Waals surface area contributed by atoms with Crippen LogP contribution >= 0.6 is 0 Å². The highest BCUT2D eigenvalue weighted by Gasteiger charge is 2.07. The summed E-state index contributed by atoms with van der Waals surface area (Å²) in [6.45, 7) is 8.76. The van der Waals surface area contributed by atoms with Crippen LogP contribution in [0.25, 0.3) is 0 Å². The average molecular weight is 355 g/mol. The molecule has 0 unspecified atom stereocenters. The Balaban J connectivity index is 3.33. The molecule has 4 nitrogen and oxygen atoms in total. The fourth-order valence-electron chi connectivity index (χ4n) is 2.46. The third-order valence-electron chi connectivity index (χ3n) is 4.06. The van der Waals surface area contributed by atoms with Gasteiger partial charge in [-0.2, -0.15) is 0 Å². The Morgan fingerprint density at radius 3 is 1.68 bits per heavy atom. The molecular weight excluding hydrogens is 316 g/mol. The highest BCUT2D eigenvalue weighted by atomic mass is 16.5. The molecule has 0 spiro atoms. The van der Waals surface area contributed by atoms with E-state index in [1.807, 2.05) is 6.92 Å². The number of hydrogen-bond acceptors (Lipinski definition) is 4. The fourth-order valence-corrected chi connectivity index (χ4v) is 2.46. The molecule has 0 bridgehead atoms. The standard InChI is InChI=1S/C21H38O4/c1-4-5-6-7-8-9-10-11-12-17-24-20(22)14-13-15-21(23)25-18-16-19(2)3/h2,4-18H2,1,3H3. The Hall–Kier alpha value is -1.32. The molecule has 0 radical (unpaired) electrons. The van der Waals surface area contributed by atoms with Gasteiger partial charge in [0.05, 0.1) is 13.2 Å². The number of esters is 2. The number of rotatable bonds is 17. The third kappa shape index (κ3) is 18.9. The molecule has 0 N–H and O–H groups in total. The molecule has 0 saturated heterocycles. The zero-order chi connectivity index (χ0) is 18.8.